The Hall–Kier alpha value is -1.03. The summed E-state index contributed by atoms with van der Waals surface area (Å²) >= 11 is 15.7. The van der Waals surface area contributed by atoms with Crippen LogP contribution in [0.1, 0.15) is 11.4 Å². The van der Waals surface area contributed by atoms with Crippen LogP contribution in [-0.4, -0.2) is 9.55 Å². The minimum Gasteiger partial charge on any atom is -0.295 e. The Balaban J connectivity index is 2.39. The van der Waals surface area contributed by atoms with Crippen LogP contribution < -0.4 is 0 Å². The fourth-order valence-electron chi connectivity index (χ4n) is 2.28. The van der Waals surface area contributed by atoms with Crippen LogP contribution in [0.5, 0.6) is 0 Å². The van der Waals surface area contributed by atoms with Gasteiger partial charge in [-0.15, -0.1) is 11.6 Å². The highest BCUT2D eigenvalue weighted by atomic mass is 79.9. The summed E-state index contributed by atoms with van der Waals surface area (Å²) in [4.78, 5) is 4.58. The minimum absolute atomic E-state index is 0.345. The van der Waals surface area contributed by atoms with Gasteiger partial charge in [-0.2, -0.15) is 0 Å². The van der Waals surface area contributed by atoms with Gasteiger partial charge >= 0.3 is 0 Å². The lowest BCUT2D eigenvalue weighted by atomic mass is 10.2. The molecule has 0 atom stereocenters. The number of alkyl halides is 1. The maximum atomic E-state index is 6.12. The minimum atomic E-state index is 0.345. The SMILES string of the molecule is Cc1ccc(Br)cc1-n1c(CCl)nc2ccc(Cl)cc21. The zero-order valence-electron chi connectivity index (χ0n) is 10.7. The number of hydrogen-bond acceptors (Lipinski definition) is 1. The Morgan fingerprint density at radius 2 is 2.00 bits per heavy atom. The number of fused-ring (bicyclic) bond motifs is 1. The molecule has 3 aromatic rings. The van der Waals surface area contributed by atoms with Crippen molar-refractivity contribution < 1.29 is 0 Å². The molecular weight excluding hydrogens is 359 g/mol. The van der Waals surface area contributed by atoms with Crippen LogP contribution in [0, 0.1) is 6.92 Å². The molecule has 0 radical (unpaired) electrons. The molecule has 0 saturated heterocycles. The van der Waals surface area contributed by atoms with Crippen molar-refractivity contribution in [2.45, 2.75) is 12.8 Å². The molecule has 0 aliphatic carbocycles. The molecule has 5 heteroatoms. The third kappa shape index (κ3) is 2.34. The van der Waals surface area contributed by atoms with Crippen molar-refractivity contribution in [3.63, 3.8) is 0 Å². The summed E-state index contributed by atoms with van der Waals surface area (Å²) in [6.45, 7) is 2.07. The van der Waals surface area contributed by atoms with Crippen molar-refractivity contribution in [2.24, 2.45) is 0 Å². The third-order valence-electron chi connectivity index (χ3n) is 3.22. The van der Waals surface area contributed by atoms with Crippen LogP contribution in [0.25, 0.3) is 16.7 Å². The predicted molar refractivity (Wildman–Crippen MR) is 88.1 cm³/mol. The van der Waals surface area contributed by atoms with Crippen molar-refractivity contribution in [2.75, 3.05) is 0 Å². The zero-order chi connectivity index (χ0) is 14.3. The molecule has 2 nitrogen and oxygen atoms in total. The van der Waals surface area contributed by atoms with E-state index in [4.69, 9.17) is 23.2 Å². The topological polar surface area (TPSA) is 17.8 Å². The van der Waals surface area contributed by atoms with E-state index >= 15 is 0 Å². The zero-order valence-corrected chi connectivity index (χ0v) is 13.8. The lowest BCUT2D eigenvalue weighted by molar-refractivity contribution is 0.971. The summed E-state index contributed by atoms with van der Waals surface area (Å²) in [5.74, 6) is 1.16. The Bertz CT molecular complexity index is 796. The van der Waals surface area contributed by atoms with Crippen molar-refractivity contribution in [1.82, 2.24) is 9.55 Å². The molecule has 1 aromatic heterocycles. The number of rotatable bonds is 2. The maximum absolute atomic E-state index is 6.12. The van der Waals surface area contributed by atoms with E-state index in [2.05, 4.69) is 44.5 Å². The third-order valence-corrected chi connectivity index (χ3v) is 4.18. The summed E-state index contributed by atoms with van der Waals surface area (Å²) in [5, 5.41) is 0.687. The van der Waals surface area contributed by atoms with Crippen LogP contribution in [0.15, 0.2) is 40.9 Å². The molecule has 0 amide bonds. The van der Waals surface area contributed by atoms with E-state index in [9.17, 15) is 0 Å². The van der Waals surface area contributed by atoms with Crippen molar-refractivity contribution in [1.29, 1.82) is 0 Å². The van der Waals surface area contributed by atoms with E-state index in [1.54, 1.807) is 0 Å². The quantitative estimate of drug-likeness (QED) is 0.546. The number of aromatic nitrogens is 2. The smallest absolute Gasteiger partial charge is 0.129 e. The van der Waals surface area contributed by atoms with E-state index in [0.29, 0.717) is 10.9 Å². The van der Waals surface area contributed by atoms with Crippen molar-refractivity contribution in [3.8, 4) is 5.69 Å². The van der Waals surface area contributed by atoms with Crippen LogP contribution in [0.4, 0.5) is 0 Å². The van der Waals surface area contributed by atoms with Crippen LogP contribution in [0.2, 0.25) is 5.02 Å². The van der Waals surface area contributed by atoms with Gasteiger partial charge in [-0.3, -0.25) is 4.57 Å². The first kappa shape index (κ1) is 13.9. The van der Waals surface area contributed by atoms with Gasteiger partial charge in [0.15, 0.2) is 0 Å². The van der Waals surface area contributed by atoms with Gasteiger partial charge in [0.25, 0.3) is 0 Å². The monoisotopic (exact) mass is 368 g/mol. The van der Waals surface area contributed by atoms with Gasteiger partial charge < -0.3 is 0 Å². The average molecular weight is 370 g/mol. The number of hydrogen-bond donors (Lipinski definition) is 0. The first-order valence-electron chi connectivity index (χ1n) is 6.09. The number of benzene rings is 2. The molecule has 0 N–H and O–H groups in total. The molecule has 20 heavy (non-hydrogen) atoms. The molecule has 0 unspecified atom stereocenters. The molecule has 0 aliphatic rings. The number of halogens is 3. The van der Waals surface area contributed by atoms with Crippen LogP contribution in [0.3, 0.4) is 0 Å². The fraction of sp³-hybridized carbons (Fsp3) is 0.133. The second-order valence-corrected chi connectivity index (χ2v) is 6.18. The highest BCUT2D eigenvalue weighted by Gasteiger charge is 2.14. The molecule has 0 fully saturated rings. The van der Waals surface area contributed by atoms with Gasteiger partial charge in [-0.25, -0.2) is 4.98 Å². The summed E-state index contributed by atoms with van der Waals surface area (Å²) in [7, 11) is 0. The Labute approximate surface area is 135 Å². The Morgan fingerprint density at radius 1 is 1.20 bits per heavy atom. The summed E-state index contributed by atoms with van der Waals surface area (Å²) in [6, 6.07) is 11.8. The van der Waals surface area contributed by atoms with Gasteiger partial charge in [0.2, 0.25) is 0 Å². The average Bonchev–Trinajstić information content (AvgIpc) is 2.79. The summed E-state index contributed by atoms with van der Waals surface area (Å²) in [6.07, 6.45) is 0. The maximum Gasteiger partial charge on any atom is 0.129 e. The number of nitrogens with zero attached hydrogens (tertiary/aromatic N) is 2. The Morgan fingerprint density at radius 3 is 2.75 bits per heavy atom. The second kappa shape index (κ2) is 5.40. The van der Waals surface area contributed by atoms with Crippen molar-refractivity contribution >= 4 is 50.2 Å². The van der Waals surface area contributed by atoms with Gasteiger partial charge in [0.05, 0.1) is 22.6 Å². The molecule has 3 rings (SSSR count). The second-order valence-electron chi connectivity index (χ2n) is 4.56. The normalized spacial score (nSPS) is 11.2. The van der Waals surface area contributed by atoms with Crippen LogP contribution in [-0.2, 0) is 5.88 Å². The van der Waals surface area contributed by atoms with E-state index < -0.39 is 0 Å². The van der Waals surface area contributed by atoms with E-state index in [-0.39, 0.29) is 0 Å². The van der Waals surface area contributed by atoms with Gasteiger partial charge in [-0.05, 0) is 42.8 Å². The number of aryl methyl sites for hydroxylation is 1. The molecule has 0 saturated carbocycles. The number of imidazole rings is 1. The first-order valence-corrected chi connectivity index (χ1v) is 7.80. The van der Waals surface area contributed by atoms with Crippen molar-refractivity contribution in [3.05, 3.63) is 57.3 Å². The molecule has 0 spiro atoms. The lowest BCUT2D eigenvalue weighted by Gasteiger charge is -2.11. The standard InChI is InChI=1S/C15H11BrCl2N2/c1-9-2-3-10(16)6-13(9)20-14-7-11(18)4-5-12(14)19-15(20)8-17/h2-7H,8H2,1H3. The predicted octanol–water partition coefficient (Wildman–Crippen LogP) is 5.49. The molecular formula is C15H11BrCl2N2. The summed E-state index contributed by atoms with van der Waals surface area (Å²) in [5.41, 5.74) is 4.07. The van der Waals surface area contributed by atoms with Gasteiger partial charge in [0.1, 0.15) is 5.82 Å². The molecule has 0 aliphatic heterocycles. The van der Waals surface area contributed by atoms with E-state index in [1.807, 2.05) is 24.3 Å². The van der Waals surface area contributed by atoms with E-state index in [0.717, 1.165) is 32.6 Å². The molecule has 2 aromatic carbocycles. The fourth-order valence-corrected chi connectivity index (χ4v) is 2.97. The lowest BCUT2D eigenvalue weighted by Crippen LogP contribution is -2.01. The molecule has 0 bridgehead atoms. The van der Waals surface area contributed by atoms with E-state index in [1.165, 1.54) is 0 Å². The molecule has 1 heterocycles. The highest BCUT2D eigenvalue weighted by Crippen LogP contribution is 2.28. The highest BCUT2D eigenvalue weighted by molar-refractivity contribution is 9.10. The van der Waals surface area contributed by atoms with Crippen LogP contribution >= 0.6 is 39.1 Å². The molecule has 102 valence electrons. The van der Waals surface area contributed by atoms with Gasteiger partial charge in [-0.1, -0.05) is 33.6 Å². The Kier molecular flexibility index (Phi) is 3.76. The van der Waals surface area contributed by atoms with Gasteiger partial charge in [0, 0.05) is 9.50 Å². The largest absolute Gasteiger partial charge is 0.295 e. The first-order chi connectivity index (χ1) is 9.60. The summed E-state index contributed by atoms with van der Waals surface area (Å²) < 4.78 is 3.08.